The largest absolute Gasteiger partial charge is 0.492 e. The maximum atomic E-state index is 11.2. The minimum Gasteiger partial charge on any atom is -0.492 e. The average Bonchev–Trinajstić information content (AvgIpc) is 2.58. The molecule has 0 fully saturated rings. The van der Waals surface area contributed by atoms with Crippen molar-refractivity contribution in [2.75, 3.05) is 29.4 Å². The fourth-order valence-corrected chi connectivity index (χ4v) is 2.76. The minimum atomic E-state index is -3.32. The van der Waals surface area contributed by atoms with Crippen LogP contribution in [0.3, 0.4) is 0 Å². The summed E-state index contributed by atoms with van der Waals surface area (Å²) in [5, 5.41) is 3.02. The number of nitrogens with one attached hydrogen (secondary N) is 2. The fraction of sp³-hybridized carbons (Fsp3) is 0.278. The Morgan fingerprint density at radius 3 is 2.48 bits per heavy atom. The molecule has 0 spiro atoms. The normalized spacial score (nSPS) is 11.4. The molecule has 0 bridgehead atoms. The minimum absolute atomic E-state index is 0. The summed E-state index contributed by atoms with van der Waals surface area (Å²) in [6, 6.07) is 14.7. The molecule has 27 heavy (non-hydrogen) atoms. The molecule has 2 rings (SSSR count). The van der Waals surface area contributed by atoms with E-state index >= 15 is 0 Å². The lowest BCUT2D eigenvalue weighted by atomic mass is 10.1. The average molecular weight is 504 g/mol. The van der Waals surface area contributed by atoms with Gasteiger partial charge in [0.15, 0.2) is 5.96 Å². The Hall–Kier alpha value is -2.01. The zero-order chi connectivity index (χ0) is 19.0. The van der Waals surface area contributed by atoms with Crippen LogP contribution >= 0.6 is 24.0 Å². The Morgan fingerprint density at radius 1 is 1.15 bits per heavy atom. The summed E-state index contributed by atoms with van der Waals surface area (Å²) in [5.41, 5.74) is 8.44. The summed E-state index contributed by atoms with van der Waals surface area (Å²) in [4.78, 5) is 4.21. The van der Waals surface area contributed by atoms with Crippen LogP contribution in [0.15, 0.2) is 53.5 Å². The van der Waals surface area contributed by atoms with Gasteiger partial charge >= 0.3 is 0 Å². The van der Waals surface area contributed by atoms with Crippen LogP contribution in [-0.4, -0.2) is 33.8 Å². The Labute approximate surface area is 177 Å². The maximum absolute atomic E-state index is 11.2. The zero-order valence-electron chi connectivity index (χ0n) is 15.3. The van der Waals surface area contributed by atoms with Gasteiger partial charge in [-0.25, -0.2) is 13.4 Å². The standard InChI is InChI=1S/C18H24N4O3S.HI/c1-3-14-7-9-15(10-8-14)21-18(19)20-11-12-25-17-6-4-5-16(13-17)22-26(2,23)24;/h4-10,13,22H,3,11-12H2,1-2H3,(H3,19,20,21);1H. The van der Waals surface area contributed by atoms with Gasteiger partial charge in [-0.15, -0.1) is 24.0 Å². The summed E-state index contributed by atoms with van der Waals surface area (Å²) in [5.74, 6) is 0.862. The van der Waals surface area contributed by atoms with Crippen molar-refractivity contribution >= 4 is 51.3 Å². The number of hydrogen-bond donors (Lipinski definition) is 3. The number of sulfonamides is 1. The third kappa shape index (κ3) is 8.96. The van der Waals surface area contributed by atoms with Gasteiger partial charge in [0.05, 0.1) is 18.5 Å². The van der Waals surface area contributed by atoms with Gasteiger partial charge in [0.2, 0.25) is 10.0 Å². The summed E-state index contributed by atoms with van der Waals surface area (Å²) >= 11 is 0. The van der Waals surface area contributed by atoms with Crippen LogP contribution in [0.1, 0.15) is 12.5 Å². The molecular formula is C18H25IN4O3S. The predicted molar refractivity (Wildman–Crippen MR) is 122 cm³/mol. The fourth-order valence-electron chi connectivity index (χ4n) is 2.20. The Morgan fingerprint density at radius 2 is 1.85 bits per heavy atom. The number of nitrogens with two attached hydrogens (primary N) is 1. The van der Waals surface area contributed by atoms with Gasteiger partial charge in [0, 0.05) is 11.8 Å². The van der Waals surface area contributed by atoms with Crippen LogP contribution in [-0.2, 0) is 16.4 Å². The molecule has 0 aliphatic heterocycles. The molecule has 148 valence electrons. The highest BCUT2D eigenvalue weighted by Crippen LogP contribution is 2.18. The highest BCUT2D eigenvalue weighted by Gasteiger charge is 2.03. The molecule has 7 nitrogen and oxygen atoms in total. The number of nitrogens with zero attached hydrogens (tertiary/aromatic N) is 1. The van der Waals surface area contributed by atoms with Gasteiger partial charge in [-0.1, -0.05) is 25.1 Å². The molecule has 0 aliphatic carbocycles. The van der Waals surface area contributed by atoms with Gasteiger partial charge in [0.1, 0.15) is 12.4 Å². The second-order valence-electron chi connectivity index (χ2n) is 5.69. The number of benzene rings is 2. The van der Waals surface area contributed by atoms with Gasteiger partial charge in [0.25, 0.3) is 0 Å². The number of aryl methyl sites for hydroxylation is 1. The molecule has 9 heteroatoms. The Kier molecular flexibility index (Phi) is 9.36. The molecule has 2 aromatic carbocycles. The second-order valence-corrected chi connectivity index (χ2v) is 7.44. The van der Waals surface area contributed by atoms with E-state index in [0.717, 1.165) is 18.4 Å². The number of halogens is 1. The smallest absolute Gasteiger partial charge is 0.229 e. The number of rotatable bonds is 8. The molecule has 0 atom stereocenters. The molecule has 0 aliphatic rings. The molecule has 2 aromatic rings. The molecule has 0 saturated carbocycles. The van der Waals surface area contributed by atoms with Crippen molar-refractivity contribution < 1.29 is 13.2 Å². The molecule has 4 N–H and O–H groups in total. The number of hydrogen-bond acceptors (Lipinski definition) is 4. The summed E-state index contributed by atoms with van der Waals surface area (Å²) in [6.07, 6.45) is 2.09. The first-order chi connectivity index (χ1) is 12.4. The number of ether oxygens (including phenoxy) is 1. The highest BCUT2D eigenvalue weighted by molar-refractivity contribution is 14.0. The quantitative estimate of drug-likeness (QED) is 0.222. The van der Waals surface area contributed by atoms with Crippen molar-refractivity contribution in [3.63, 3.8) is 0 Å². The SMILES string of the molecule is CCc1ccc(NC(N)=NCCOc2cccc(NS(C)(=O)=O)c2)cc1.I. The lowest BCUT2D eigenvalue weighted by molar-refractivity contribution is 0.329. The topological polar surface area (TPSA) is 106 Å². The zero-order valence-corrected chi connectivity index (χ0v) is 18.5. The van der Waals surface area contributed by atoms with Gasteiger partial charge < -0.3 is 15.8 Å². The Balaban J connectivity index is 0.00000364. The number of anilines is 2. The van der Waals surface area contributed by atoms with Crippen molar-refractivity contribution in [1.82, 2.24) is 0 Å². The van der Waals surface area contributed by atoms with Gasteiger partial charge in [-0.3, -0.25) is 4.72 Å². The van der Waals surface area contributed by atoms with Crippen molar-refractivity contribution in [3.8, 4) is 5.75 Å². The van der Waals surface area contributed by atoms with Crippen LogP contribution in [0.5, 0.6) is 5.75 Å². The van der Waals surface area contributed by atoms with Crippen LogP contribution < -0.4 is 20.5 Å². The summed E-state index contributed by atoms with van der Waals surface area (Å²) in [6.45, 7) is 2.79. The van der Waals surface area contributed by atoms with Crippen molar-refractivity contribution in [2.24, 2.45) is 10.7 Å². The monoisotopic (exact) mass is 504 g/mol. The van der Waals surface area contributed by atoms with E-state index in [9.17, 15) is 8.42 Å². The van der Waals surface area contributed by atoms with Crippen molar-refractivity contribution in [3.05, 3.63) is 54.1 Å². The van der Waals surface area contributed by atoms with E-state index in [0.29, 0.717) is 30.5 Å². The lowest BCUT2D eigenvalue weighted by Gasteiger charge is -2.09. The molecule has 0 radical (unpaired) electrons. The van der Waals surface area contributed by atoms with E-state index in [1.54, 1.807) is 24.3 Å². The van der Waals surface area contributed by atoms with E-state index in [2.05, 4.69) is 22.0 Å². The molecule has 0 saturated heterocycles. The van der Waals surface area contributed by atoms with E-state index in [4.69, 9.17) is 10.5 Å². The molecule has 0 amide bonds. The number of guanidine groups is 1. The third-order valence-electron chi connectivity index (χ3n) is 3.41. The lowest BCUT2D eigenvalue weighted by Crippen LogP contribution is -2.23. The first-order valence-electron chi connectivity index (χ1n) is 8.22. The number of aliphatic imine (C=N–C) groups is 1. The van der Waals surface area contributed by atoms with Crippen LogP contribution in [0.4, 0.5) is 11.4 Å². The van der Waals surface area contributed by atoms with Crippen LogP contribution in [0.25, 0.3) is 0 Å². The highest BCUT2D eigenvalue weighted by atomic mass is 127. The van der Waals surface area contributed by atoms with Crippen molar-refractivity contribution in [1.29, 1.82) is 0 Å². The summed E-state index contributed by atoms with van der Waals surface area (Å²) in [7, 11) is -3.32. The molecule has 0 unspecified atom stereocenters. The van der Waals surface area contributed by atoms with E-state index in [1.807, 2.05) is 24.3 Å². The maximum Gasteiger partial charge on any atom is 0.229 e. The predicted octanol–water partition coefficient (Wildman–Crippen LogP) is 3.04. The van der Waals surface area contributed by atoms with E-state index in [1.165, 1.54) is 5.56 Å². The first kappa shape index (κ1) is 23.0. The third-order valence-corrected chi connectivity index (χ3v) is 4.02. The summed E-state index contributed by atoms with van der Waals surface area (Å²) < 4.78 is 30.5. The second kappa shape index (κ2) is 11.0. The van der Waals surface area contributed by atoms with Gasteiger partial charge in [-0.05, 0) is 36.2 Å². The molecule has 0 heterocycles. The molecular weight excluding hydrogens is 479 g/mol. The molecule has 0 aromatic heterocycles. The Bertz CT molecular complexity index is 855. The van der Waals surface area contributed by atoms with Gasteiger partial charge in [-0.2, -0.15) is 0 Å². The van der Waals surface area contributed by atoms with Crippen LogP contribution in [0.2, 0.25) is 0 Å². The van der Waals surface area contributed by atoms with Crippen molar-refractivity contribution in [2.45, 2.75) is 13.3 Å². The van der Waals surface area contributed by atoms with Crippen LogP contribution in [0, 0.1) is 0 Å². The van der Waals surface area contributed by atoms with E-state index < -0.39 is 10.0 Å². The first-order valence-corrected chi connectivity index (χ1v) is 10.1. The van der Waals surface area contributed by atoms with E-state index in [-0.39, 0.29) is 24.0 Å².